The van der Waals surface area contributed by atoms with E-state index >= 15 is 0 Å². The number of aryl methyl sites for hydroxylation is 1. The largest absolute Gasteiger partial charge is 0.378 e. The second kappa shape index (κ2) is 5.46. The third-order valence-corrected chi connectivity index (χ3v) is 3.34. The third kappa shape index (κ3) is 2.83. The lowest BCUT2D eigenvalue weighted by Crippen LogP contribution is -2.38. The molecule has 1 fully saturated rings. The Morgan fingerprint density at radius 3 is 3.19 bits per heavy atom. The fourth-order valence-electron chi connectivity index (χ4n) is 2.16. The molecule has 2 unspecified atom stereocenters. The molecule has 2 rings (SSSR count). The van der Waals surface area contributed by atoms with E-state index in [0.717, 1.165) is 38.1 Å². The molecule has 0 aromatic carbocycles. The van der Waals surface area contributed by atoms with Crippen molar-refractivity contribution in [1.82, 2.24) is 15.5 Å². The average Bonchev–Trinajstić information content (AvgIpc) is 2.72. The Morgan fingerprint density at radius 1 is 1.62 bits per heavy atom. The second-order valence-electron chi connectivity index (χ2n) is 4.52. The van der Waals surface area contributed by atoms with E-state index in [1.165, 1.54) is 5.56 Å². The summed E-state index contributed by atoms with van der Waals surface area (Å²) >= 11 is 0. The van der Waals surface area contributed by atoms with E-state index in [4.69, 9.17) is 4.74 Å². The summed E-state index contributed by atoms with van der Waals surface area (Å²) in [5.41, 5.74) is 2.42. The topological polar surface area (TPSA) is 49.9 Å². The van der Waals surface area contributed by atoms with Crippen LogP contribution in [0.1, 0.15) is 37.4 Å². The van der Waals surface area contributed by atoms with Crippen LogP contribution in [0.15, 0.2) is 6.20 Å². The Morgan fingerprint density at radius 2 is 2.50 bits per heavy atom. The molecule has 4 heteroatoms. The molecule has 1 aromatic rings. The molecule has 0 aliphatic carbocycles. The number of rotatable bonds is 4. The predicted octanol–water partition coefficient (Wildman–Crippen LogP) is 1.77. The summed E-state index contributed by atoms with van der Waals surface area (Å²) in [6.07, 6.45) is 5.71. The Kier molecular flexibility index (Phi) is 3.96. The lowest BCUT2D eigenvalue weighted by molar-refractivity contribution is -0.000323. The summed E-state index contributed by atoms with van der Waals surface area (Å²) in [7, 11) is 0. The van der Waals surface area contributed by atoms with Crippen molar-refractivity contribution in [3.63, 3.8) is 0 Å². The lowest BCUT2D eigenvalue weighted by Gasteiger charge is -2.29. The van der Waals surface area contributed by atoms with E-state index in [-0.39, 0.29) is 0 Å². The molecule has 90 valence electrons. The number of ether oxygens (including phenoxy) is 1. The Balaban J connectivity index is 1.79. The molecule has 2 atom stereocenters. The van der Waals surface area contributed by atoms with Gasteiger partial charge in [-0.15, -0.1) is 0 Å². The first-order valence-electron chi connectivity index (χ1n) is 6.13. The summed E-state index contributed by atoms with van der Waals surface area (Å²) in [6.45, 7) is 6.04. The highest BCUT2D eigenvalue weighted by atomic mass is 16.5. The SMILES string of the molecule is CCC1CC(NCc2cn[nH]c2C)CCO1. The molecule has 4 nitrogen and oxygen atoms in total. The van der Waals surface area contributed by atoms with Gasteiger partial charge < -0.3 is 10.1 Å². The number of nitrogens with zero attached hydrogens (tertiary/aromatic N) is 1. The summed E-state index contributed by atoms with van der Waals surface area (Å²) in [6, 6.07) is 0.591. The molecular weight excluding hydrogens is 202 g/mol. The van der Waals surface area contributed by atoms with Gasteiger partial charge in [-0.3, -0.25) is 5.10 Å². The van der Waals surface area contributed by atoms with Crippen LogP contribution < -0.4 is 5.32 Å². The zero-order chi connectivity index (χ0) is 11.4. The lowest BCUT2D eigenvalue weighted by atomic mass is 10.0. The zero-order valence-corrected chi connectivity index (χ0v) is 10.1. The van der Waals surface area contributed by atoms with Crippen LogP contribution in [0, 0.1) is 6.92 Å². The molecule has 2 heterocycles. The maximum absolute atomic E-state index is 5.66. The Labute approximate surface area is 96.8 Å². The molecular formula is C12H21N3O. The number of aromatic nitrogens is 2. The minimum atomic E-state index is 0.441. The highest BCUT2D eigenvalue weighted by Gasteiger charge is 2.20. The number of hydrogen-bond donors (Lipinski definition) is 2. The summed E-state index contributed by atoms with van der Waals surface area (Å²) < 4.78 is 5.66. The van der Waals surface area contributed by atoms with Crippen LogP contribution >= 0.6 is 0 Å². The molecule has 0 spiro atoms. The first-order chi connectivity index (χ1) is 7.79. The highest BCUT2D eigenvalue weighted by Crippen LogP contribution is 2.16. The standard InChI is InChI=1S/C12H21N3O/c1-3-12-6-11(4-5-16-12)13-7-10-8-14-15-9(10)2/h8,11-13H,3-7H2,1-2H3,(H,14,15). The van der Waals surface area contributed by atoms with Gasteiger partial charge in [-0.05, 0) is 26.2 Å². The van der Waals surface area contributed by atoms with Crippen LogP contribution in [0.2, 0.25) is 0 Å². The van der Waals surface area contributed by atoms with E-state index in [1.54, 1.807) is 0 Å². The van der Waals surface area contributed by atoms with Gasteiger partial charge in [0, 0.05) is 30.5 Å². The summed E-state index contributed by atoms with van der Waals surface area (Å²) in [4.78, 5) is 0. The van der Waals surface area contributed by atoms with E-state index in [0.29, 0.717) is 12.1 Å². The Hall–Kier alpha value is -0.870. The molecule has 0 radical (unpaired) electrons. The first-order valence-corrected chi connectivity index (χ1v) is 6.13. The minimum absolute atomic E-state index is 0.441. The minimum Gasteiger partial charge on any atom is -0.378 e. The van der Waals surface area contributed by atoms with Crippen molar-refractivity contribution in [2.45, 2.75) is 51.8 Å². The summed E-state index contributed by atoms with van der Waals surface area (Å²) in [5.74, 6) is 0. The molecule has 16 heavy (non-hydrogen) atoms. The summed E-state index contributed by atoms with van der Waals surface area (Å²) in [5, 5.41) is 10.6. The van der Waals surface area contributed by atoms with Crippen molar-refractivity contribution in [3.8, 4) is 0 Å². The first kappa shape index (κ1) is 11.6. The zero-order valence-electron chi connectivity index (χ0n) is 10.1. The number of H-pyrrole nitrogens is 1. The average molecular weight is 223 g/mol. The maximum Gasteiger partial charge on any atom is 0.0587 e. The molecule has 1 aliphatic rings. The van der Waals surface area contributed by atoms with Crippen LogP contribution in [-0.4, -0.2) is 29.0 Å². The fraction of sp³-hybridized carbons (Fsp3) is 0.750. The van der Waals surface area contributed by atoms with E-state index in [1.807, 2.05) is 6.20 Å². The molecule has 1 aliphatic heterocycles. The molecule has 1 saturated heterocycles. The van der Waals surface area contributed by atoms with E-state index in [9.17, 15) is 0 Å². The number of hydrogen-bond acceptors (Lipinski definition) is 3. The molecule has 1 aromatic heterocycles. The highest BCUT2D eigenvalue weighted by molar-refractivity contribution is 5.13. The van der Waals surface area contributed by atoms with Crippen LogP contribution in [0.25, 0.3) is 0 Å². The van der Waals surface area contributed by atoms with Gasteiger partial charge in [-0.25, -0.2) is 0 Å². The third-order valence-electron chi connectivity index (χ3n) is 3.34. The predicted molar refractivity (Wildman–Crippen MR) is 63.2 cm³/mol. The van der Waals surface area contributed by atoms with Crippen molar-refractivity contribution in [1.29, 1.82) is 0 Å². The monoisotopic (exact) mass is 223 g/mol. The van der Waals surface area contributed by atoms with Gasteiger partial charge in [0.2, 0.25) is 0 Å². The van der Waals surface area contributed by atoms with Gasteiger partial charge in [0.1, 0.15) is 0 Å². The van der Waals surface area contributed by atoms with Crippen LogP contribution in [0.4, 0.5) is 0 Å². The molecule has 2 N–H and O–H groups in total. The molecule has 0 saturated carbocycles. The van der Waals surface area contributed by atoms with E-state index in [2.05, 4.69) is 29.4 Å². The van der Waals surface area contributed by atoms with Crippen molar-refractivity contribution in [2.24, 2.45) is 0 Å². The smallest absolute Gasteiger partial charge is 0.0587 e. The van der Waals surface area contributed by atoms with Crippen LogP contribution in [-0.2, 0) is 11.3 Å². The quantitative estimate of drug-likeness (QED) is 0.818. The van der Waals surface area contributed by atoms with Gasteiger partial charge >= 0.3 is 0 Å². The Bertz CT molecular complexity index is 324. The van der Waals surface area contributed by atoms with Crippen molar-refractivity contribution >= 4 is 0 Å². The normalized spacial score (nSPS) is 25.9. The van der Waals surface area contributed by atoms with Gasteiger partial charge in [-0.1, -0.05) is 6.92 Å². The fourth-order valence-corrected chi connectivity index (χ4v) is 2.16. The van der Waals surface area contributed by atoms with Crippen LogP contribution in [0.5, 0.6) is 0 Å². The maximum atomic E-state index is 5.66. The number of nitrogens with one attached hydrogen (secondary N) is 2. The van der Waals surface area contributed by atoms with Gasteiger partial charge in [0.15, 0.2) is 0 Å². The van der Waals surface area contributed by atoms with Gasteiger partial charge in [-0.2, -0.15) is 5.10 Å². The second-order valence-corrected chi connectivity index (χ2v) is 4.52. The molecule has 0 amide bonds. The van der Waals surface area contributed by atoms with Gasteiger partial charge in [0.25, 0.3) is 0 Å². The van der Waals surface area contributed by atoms with Gasteiger partial charge in [0.05, 0.1) is 12.3 Å². The van der Waals surface area contributed by atoms with E-state index < -0.39 is 0 Å². The number of aromatic amines is 1. The van der Waals surface area contributed by atoms with Crippen LogP contribution in [0.3, 0.4) is 0 Å². The van der Waals surface area contributed by atoms with Crippen molar-refractivity contribution in [2.75, 3.05) is 6.61 Å². The van der Waals surface area contributed by atoms with Crippen molar-refractivity contribution in [3.05, 3.63) is 17.5 Å². The molecule has 0 bridgehead atoms. The van der Waals surface area contributed by atoms with Crippen molar-refractivity contribution < 1.29 is 4.74 Å².